The summed E-state index contributed by atoms with van der Waals surface area (Å²) in [4.78, 5) is 2.43. The zero-order valence-electron chi connectivity index (χ0n) is 12.0. The molecule has 1 aromatic carbocycles. The summed E-state index contributed by atoms with van der Waals surface area (Å²) in [7, 11) is -1.54. The molecule has 3 heterocycles. The van der Waals surface area contributed by atoms with Gasteiger partial charge in [-0.1, -0.05) is 6.07 Å². The minimum absolute atomic E-state index is 0.0694. The van der Waals surface area contributed by atoms with Crippen molar-refractivity contribution in [3.05, 3.63) is 18.2 Å². The number of morpholine rings is 2. The Balaban J connectivity index is 1.71. The van der Waals surface area contributed by atoms with Crippen LogP contribution < -0.4 is 0 Å². The fourth-order valence-corrected chi connectivity index (χ4v) is 5.44. The minimum atomic E-state index is -3.58. The summed E-state index contributed by atoms with van der Waals surface area (Å²) in [5.74, 6) is 0. The van der Waals surface area contributed by atoms with Crippen LogP contribution in [0.3, 0.4) is 0 Å². The van der Waals surface area contributed by atoms with Crippen molar-refractivity contribution in [2.24, 2.45) is 0 Å². The molecule has 2 aliphatic heterocycles. The molecule has 0 spiro atoms. The summed E-state index contributed by atoms with van der Waals surface area (Å²) in [5, 5.41) is 0. The van der Waals surface area contributed by atoms with Crippen molar-refractivity contribution in [1.82, 2.24) is 18.0 Å². The predicted molar refractivity (Wildman–Crippen MR) is 82.3 cm³/mol. The molecule has 0 aliphatic carbocycles. The molecular formula is C13H16N4O3S2. The van der Waals surface area contributed by atoms with Crippen LogP contribution in [-0.2, 0) is 14.8 Å². The lowest BCUT2D eigenvalue weighted by Crippen LogP contribution is -2.59. The number of aromatic nitrogens is 2. The van der Waals surface area contributed by atoms with E-state index >= 15 is 0 Å². The monoisotopic (exact) mass is 340 g/mol. The summed E-state index contributed by atoms with van der Waals surface area (Å²) in [6.45, 7) is 2.28. The highest BCUT2D eigenvalue weighted by molar-refractivity contribution is 7.89. The maximum atomic E-state index is 13.0. The molecule has 2 fully saturated rings. The maximum Gasteiger partial charge on any atom is 0.245 e. The van der Waals surface area contributed by atoms with Crippen molar-refractivity contribution < 1.29 is 13.2 Å². The third kappa shape index (κ3) is 2.33. The van der Waals surface area contributed by atoms with Gasteiger partial charge in [0.1, 0.15) is 15.9 Å². The Hall–Kier alpha value is -1.13. The van der Waals surface area contributed by atoms with Crippen LogP contribution in [0.4, 0.5) is 0 Å². The van der Waals surface area contributed by atoms with Crippen molar-refractivity contribution in [2.75, 3.05) is 33.2 Å². The van der Waals surface area contributed by atoms with Crippen LogP contribution in [0.25, 0.3) is 11.0 Å². The van der Waals surface area contributed by atoms with Crippen LogP contribution >= 0.6 is 11.7 Å². The van der Waals surface area contributed by atoms with E-state index in [0.717, 1.165) is 24.8 Å². The lowest BCUT2D eigenvalue weighted by Gasteiger charge is -2.44. The van der Waals surface area contributed by atoms with E-state index < -0.39 is 10.0 Å². The van der Waals surface area contributed by atoms with Gasteiger partial charge < -0.3 is 9.64 Å². The molecule has 1 aromatic heterocycles. The Kier molecular flexibility index (Phi) is 3.42. The van der Waals surface area contributed by atoms with E-state index in [9.17, 15) is 8.42 Å². The van der Waals surface area contributed by atoms with E-state index in [-0.39, 0.29) is 17.1 Å². The Morgan fingerprint density at radius 1 is 1.18 bits per heavy atom. The second-order valence-corrected chi connectivity index (χ2v) is 8.25. The number of nitrogens with zero attached hydrogens (tertiary/aromatic N) is 4. The summed E-state index contributed by atoms with van der Waals surface area (Å²) in [5.41, 5.74) is 1.08. The lowest BCUT2D eigenvalue weighted by atomic mass is 10.1. The van der Waals surface area contributed by atoms with E-state index in [4.69, 9.17) is 4.74 Å². The molecule has 4 rings (SSSR count). The molecule has 2 aromatic rings. The lowest BCUT2D eigenvalue weighted by molar-refractivity contribution is -0.116. The average Bonchev–Trinajstić information content (AvgIpc) is 2.93. The van der Waals surface area contributed by atoms with Crippen LogP contribution in [0, 0.1) is 0 Å². The van der Waals surface area contributed by atoms with Crippen molar-refractivity contribution in [3.8, 4) is 0 Å². The molecule has 118 valence electrons. The molecule has 0 unspecified atom stereocenters. The first-order valence-corrected chi connectivity index (χ1v) is 9.26. The van der Waals surface area contributed by atoms with Crippen molar-refractivity contribution in [3.63, 3.8) is 0 Å². The molecule has 7 nitrogen and oxygen atoms in total. The van der Waals surface area contributed by atoms with Gasteiger partial charge in [-0.05, 0) is 19.2 Å². The quantitative estimate of drug-likeness (QED) is 0.787. The Bertz CT molecular complexity index is 788. The zero-order valence-corrected chi connectivity index (χ0v) is 13.7. The molecule has 2 atom stereocenters. The van der Waals surface area contributed by atoms with Crippen LogP contribution in [0.15, 0.2) is 23.1 Å². The molecule has 0 N–H and O–H groups in total. The van der Waals surface area contributed by atoms with Gasteiger partial charge in [0.25, 0.3) is 0 Å². The van der Waals surface area contributed by atoms with Gasteiger partial charge in [0.2, 0.25) is 10.0 Å². The van der Waals surface area contributed by atoms with Crippen LogP contribution in [0.1, 0.15) is 0 Å². The van der Waals surface area contributed by atoms with E-state index in [1.165, 1.54) is 4.31 Å². The highest BCUT2D eigenvalue weighted by atomic mass is 32.2. The summed E-state index contributed by atoms with van der Waals surface area (Å²) >= 11 is 1.03. The molecule has 0 radical (unpaired) electrons. The van der Waals surface area contributed by atoms with Gasteiger partial charge in [0.05, 0.1) is 23.9 Å². The molecule has 0 amide bonds. The Morgan fingerprint density at radius 2 is 1.91 bits per heavy atom. The van der Waals surface area contributed by atoms with Gasteiger partial charge in [-0.3, -0.25) is 0 Å². The molecule has 0 saturated carbocycles. The summed E-state index contributed by atoms with van der Waals surface area (Å²) in [6, 6.07) is 5.10. The number of benzene rings is 1. The third-order valence-corrected chi connectivity index (χ3v) is 6.50. The molecule has 2 saturated heterocycles. The largest absolute Gasteiger partial charge is 0.370 e. The maximum absolute atomic E-state index is 13.0. The number of rotatable bonds is 2. The minimum Gasteiger partial charge on any atom is -0.370 e. The molecule has 2 aliphatic rings. The SMILES string of the molecule is CN1C[C@@H]2CN(S(=O)(=O)c3cccc4nsnc34)C[C@H](C1)O2. The Morgan fingerprint density at radius 3 is 2.64 bits per heavy atom. The van der Waals surface area contributed by atoms with Gasteiger partial charge in [0, 0.05) is 26.2 Å². The zero-order chi connectivity index (χ0) is 15.3. The van der Waals surface area contributed by atoms with Crippen LogP contribution in [-0.4, -0.2) is 71.8 Å². The molecular weight excluding hydrogens is 324 g/mol. The van der Waals surface area contributed by atoms with E-state index in [2.05, 4.69) is 13.6 Å². The van der Waals surface area contributed by atoms with Gasteiger partial charge >= 0.3 is 0 Å². The normalized spacial score (nSPS) is 27.3. The molecule has 2 bridgehead atoms. The second-order valence-electron chi connectivity index (χ2n) is 5.81. The summed E-state index contributed by atoms with van der Waals surface area (Å²) < 4.78 is 41.7. The highest BCUT2D eigenvalue weighted by Gasteiger charge is 2.39. The van der Waals surface area contributed by atoms with Gasteiger partial charge in [-0.25, -0.2) is 8.42 Å². The number of likely N-dealkylation sites (N-methyl/N-ethyl adjacent to an activating group) is 1. The van der Waals surface area contributed by atoms with Crippen molar-refractivity contribution >= 4 is 32.8 Å². The molecule has 22 heavy (non-hydrogen) atoms. The topological polar surface area (TPSA) is 75.6 Å². The number of hydrogen-bond acceptors (Lipinski definition) is 7. The third-order valence-electron chi connectivity index (χ3n) is 4.10. The first kappa shape index (κ1) is 14.5. The van der Waals surface area contributed by atoms with Crippen LogP contribution in [0.5, 0.6) is 0 Å². The van der Waals surface area contributed by atoms with Gasteiger partial charge in [-0.15, -0.1) is 0 Å². The van der Waals surface area contributed by atoms with Crippen molar-refractivity contribution in [1.29, 1.82) is 0 Å². The van der Waals surface area contributed by atoms with E-state index in [0.29, 0.717) is 24.1 Å². The van der Waals surface area contributed by atoms with Crippen molar-refractivity contribution in [2.45, 2.75) is 17.1 Å². The second kappa shape index (κ2) is 5.20. The number of ether oxygens (including phenoxy) is 1. The summed E-state index contributed by atoms with van der Waals surface area (Å²) in [6.07, 6.45) is -0.139. The fraction of sp³-hybridized carbons (Fsp3) is 0.538. The molecule has 9 heteroatoms. The van der Waals surface area contributed by atoms with Crippen LogP contribution in [0.2, 0.25) is 0 Å². The first-order chi connectivity index (χ1) is 10.5. The number of sulfonamides is 1. The smallest absolute Gasteiger partial charge is 0.245 e. The number of fused-ring (bicyclic) bond motifs is 3. The van der Waals surface area contributed by atoms with E-state index in [1.807, 2.05) is 7.05 Å². The fourth-order valence-electron chi connectivity index (χ4n) is 3.18. The Labute approximate surface area is 132 Å². The van der Waals surface area contributed by atoms with Gasteiger partial charge in [0.15, 0.2) is 0 Å². The highest BCUT2D eigenvalue weighted by Crippen LogP contribution is 2.28. The van der Waals surface area contributed by atoms with E-state index in [1.54, 1.807) is 18.2 Å². The first-order valence-electron chi connectivity index (χ1n) is 7.09. The average molecular weight is 340 g/mol. The number of hydrogen-bond donors (Lipinski definition) is 0. The predicted octanol–water partition coefficient (Wildman–Crippen LogP) is 0.395. The van der Waals surface area contributed by atoms with Gasteiger partial charge in [-0.2, -0.15) is 13.1 Å². The standard InChI is InChI=1S/C13H16N4O3S2/c1-16-5-9-7-17(8-10(6-16)20-9)22(18,19)12-4-2-3-11-13(12)15-21-14-11/h2-4,9-10H,5-8H2,1H3/t9-,10+.